The van der Waals surface area contributed by atoms with Crippen molar-refractivity contribution in [2.45, 2.75) is 38.3 Å². The van der Waals surface area contributed by atoms with Gasteiger partial charge in [0, 0.05) is 31.0 Å². The summed E-state index contributed by atoms with van der Waals surface area (Å²) in [6.45, 7) is 0.478. The van der Waals surface area contributed by atoms with Crippen molar-refractivity contribution in [1.82, 2.24) is 15.0 Å². The molecule has 0 bridgehead atoms. The fraction of sp³-hybridized carbons (Fsp3) is 0.381. The van der Waals surface area contributed by atoms with E-state index in [4.69, 9.17) is 18.4 Å². The van der Waals surface area contributed by atoms with Crippen molar-refractivity contribution in [3.63, 3.8) is 0 Å². The monoisotopic (exact) mass is 397 g/mol. The third-order valence-corrected chi connectivity index (χ3v) is 4.90. The van der Waals surface area contributed by atoms with Crippen LogP contribution in [0.3, 0.4) is 0 Å². The number of benzene rings is 1. The maximum absolute atomic E-state index is 12.9. The fourth-order valence-electron chi connectivity index (χ4n) is 3.22. The van der Waals surface area contributed by atoms with Gasteiger partial charge in [-0.1, -0.05) is 5.16 Å². The highest BCUT2D eigenvalue weighted by Gasteiger charge is 2.33. The van der Waals surface area contributed by atoms with Gasteiger partial charge in [0.05, 0.1) is 20.5 Å². The molecule has 0 atom stereocenters. The summed E-state index contributed by atoms with van der Waals surface area (Å²) >= 11 is 0. The van der Waals surface area contributed by atoms with Gasteiger partial charge in [-0.2, -0.15) is 4.98 Å². The van der Waals surface area contributed by atoms with E-state index in [0.29, 0.717) is 36.9 Å². The van der Waals surface area contributed by atoms with Crippen molar-refractivity contribution in [1.29, 1.82) is 0 Å². The molecular formula is C21H23N3O5. The van der Waals surface area contributed by atoms with Gasteiger partial charge in [0.1, 0.15) is 11.5 Å². The highest BCUT2D eigenvalue weighted by Crippen LogP contribution is 2.32. The first-order valence-electron chi connectivity index (χ1n) is 9.54. The first kappa shape index (κ1) is 19.0. The number of aryl methyl sites for hydroxylation is 1. The van der Waals surface area contributed by atoms with Gasteiger partial charge in [-0.25, -0.2) is 0 Å². The van der Waals surface area contributed by atoms with E-state index in [1.54, 1.807) is 32.6 Å². The molecule has 1 aliphatic carbocycles. The SMILES string of the molecule is COc1ccc(OC)c(CN(C(=O)CCc2nc(-c3ccco3)no2)C2CC2)c1. The van der Waals surface area contributed by atoms with E-state index in [1.165, 1.54) is 0 Å². The van der Waals surface area contributed by atoms with Gasteiger partial charge in [0.2, 0.25) is 17.6 Å². The van der Waals surface area contributed by atoms with Crippen molar-refractivity contribution in [3.8, 4) is 23.1 Å². The van der Waals surface area contributed by atoms with Gasteiger partial charge in [0.25, 0.3) is 0 Å². The van der Waals surface area contributed by atoms with Gasteiger partial charge in [0.15, 0.2) is 5.76 Å². The second kappa shape index (κ2) is 8.38. The average molecular weight is 397 g/mol. The van der Waals surface area contributed by atoms with Crippen LogP contribution in [0.4, 0.5) is 0 Å². The molecule has 0 radical (unpaired) electrons. The molecule has 29 heavy (non-hydrogen) atoms. The fourth-order valence-corrected chi connectivity index (χ4v) is 3.22. The molecule has 0 N–H and O–H groups in total. The van der Waals surface area contributed by atoms with E-state index in [1.807, 2.05) is 23.1 Å². The van der Waals surface area contributed by atoms with Crippen LogP contribution in [0.15, 0.2) is 45.5 Å². The minimum absolute atomic E-state index is 0.0510. The van der Waals surface area contributed by atoms with Crippen molar-refractivity contribution in [2.24, 2.45) is 0 Å². The van der Waals surface area contributed by atoms with Crippen LogP contribution < -0.4 is 9.47 Å². The van der Waals surface area contributed by atoms with Crippen LogP contribution in [0, 0.1) is 0 Å². The smallest absolute Gasteiger partial charge is 0.238 e. The lowest BCUT2D eigenvalue weighted by atomic mass is 10.1. The Hall–Kier alpha value is -3.29. The molecule has 1 fully saturated rings. The zero-order valence-electron chi connectivity index (χ0n) is 16.5. The van der Waals surface area contributed by atoms with E-state index in [2.05, 4.69) is 10.1 Å². The minimum atomic E-state index is 0.0510. The summed E-state index contributed by atoms with van der Waals surface area (Å²) in [5.41, 5.74) is 0.921. The third kappa shape index (κ3) is 4.42. The number of hydrogen-bond donors (Lipinski definition) is 0. The van der Waals surface area contributed by atoms with Crippen molar-refractivity contribution in [2.75, 3.05) is 14.2 Å². The van der Waals surface area contributed by atoms with E-state index in [9.17, 15) is 4.79 Å². The molecule has 4 rings (SSSR count). The summed E-state index contributed by atoms with van der Waals surface area (Å²) in [4.78, 5) is 19.1. The number of methoxy groups -OCH3 is 2. The van der Waals surface area contributed by atoms with E-state index < -0.39 is 0 Å². The predicted molar refractivity (Wildman–Crippen MR) is 103 cm³/mol. The van der Waals surface area contributed by atoms with Gasteiger partial charge >= 0.3 is 0 Å². The maximum atomic E-state index is 12.9. The number of ether oxygens (including phenoxy) is 2. The normalized spacial score (nSPS) is 13.3. The maximum Gasteiger partial charge on any atom is 0.238 e. The molecule has 0 unspecified atom stereocenters. The van der Waals surface area contributed by atoms with Crippen LogP contribution in [0.25, 0.3) is 11.6 Å². The highest BCUT2D eigenvalue weighted by atomic mass is 16.5. The number of carbonyl (C=O) groups is 1. The Morgan fingerprint density at radius 2 is 2.10 bits per heavy atom. The number of furan rings is 1. The Labute approximate surface area is 168 Å². The molecule has 2 aromatic heterocycles. The molecule has 0 spiro atoms. The van der Waals surface area contributed by atoms with Gasteiger partial charge in [-0.15, -0.1) is 0 Å². The largest absolute Gasteiger partial charge is 0.497 e. The third-order valence-electron chi connectivity index (χ3n) is 4.90. The molecular weight excluding hydrogens is 374 g/mol. The van der Waals surface area contributed by atoms with Crippen LogP contribution in [0.5, 0.6) is 11.5 Å². The molecule has 1 aromatic carbocycles. The Kier molecular flexibility index (Phi) is 5.50. The summed E-state index contributed by atoms with van der Waals surface area (Å²) in [7, 11) is 3.25. The minimum Gasteiger partial charge on any atom is -0.497 e. The summed E-state index contributed by atoms with van der Waals surface area (Å²) in [5, 5.41) is 3.90. The van der Waals surface area contributed by atoms with Gasteiger partial charge in [-0.05, 0) is 43.2 Å². The summed E-state index contributed by atoms with van der Waals surface area (Å²) in [6, 6.07) is 9.40. The molecule has 0 saturated heterocycles. The summed E-state index contributed by atoms with van der Waals surface area (Å²) < 4.78 is 21.3. The first-order chi connectivity index (χ1) is 14.2. The quantitative estimate of drug-likeness (QED) is 0.546. The molecule has 1 saturated carbocycles. The molecule has 1 aliphatic rings. The van der Waals surface area contributed by atoms with Gasteiger partial charge in [-0.3, -0.25) is 4.79 Å². The summed E-state index contributed by atoms with van der Waals surface area (Å²) in [6.07, 6.45) is 4.26. The first-order valence-corrected chi connectivity index (χ1v) is 9.54. The number of carbonyl (C=O) groups excluding carboxylic acids is 1. The predicted octanol–water partition coefficient (Wildman–Crippen LogP) is 3.47. The van der Waals surface area contributed by atoms with Crippen molar-refractivity contribution >= 4 is 5.91 Å². The van der Waals surface area contributed by atoms with Crippen molar-refractivity contribution in [3.05, 3.63) is 48.0 Å². The zero-order chi connectivity index (χ0) is 20.2. The number of rotatable bonds is 9. The Morgan fingerprint density at radius 3 is 2.79 bits per heavy atom. The molecule has 3 aromatic rings. The van der Waals surface area contributed by atoms with E-state index >= 15 is 0 Å². The number of hydrogen-bond acceptors (Lipinski definition) is 7. The Balaban J connectivity index is 1.42. The molecule has 1 amide bonds. The molecule has 0 aliphatic heterocycles. The van der Waals surface area contributed by atoms with Crippen LogP contribution in [0.1, 0.15) is 30.7 Å². The van der Waals surface area contributed by atoms with E-state index in [-0.39, 0.29) is 11.9 Å². The number of aromatic nitrogens is 2. The Bertz CT molecular complexity index is 963. The van der Waals surface area contributed by atoms with Crippen molar-refractivity contribution < 1.29 is 23.2 Å². The van der Waals surface area contributed by atoms with E-state index in [0.717, 1.165) is 29.9 Å². The lowest BCUT2D eigenvalue weighted by Crippen LogP contribution is -2.33. The summed E-state index contributed by atoms with van der Waals surface area (Å²) in [5.74, 6) is 2.87. The lowest BCUT2D eigenvalue weighted by molar-refractivity contribution is -0.132. The molecule has 8 heteroatoms. The molecule has 2 heterocycles. The standard InChI is InChI=1S/C21H23N3O5/c1-26-16-7-8-17(27-2)14(12-16)13-24(15-5-6-15)20(25)10-9-19-22-21(23-29-19)18-4-3-11-28-18/h3-4,7-8,11-12,15H,5-6,9-10,13H2,1-2H3. The lowest BCUT2D eigenvalue weighted by Gasteiger charge is -2.23. The van der Waals surface area contributed by atoms with Crippen LogP contribution in [0.2, 0.25) is 0 Å². The number of nitrogens with zero attached hydrogens (tertiary/aromatic N) is 3. The van der Waals surface area contributed by atoms with Crippen LogP contribution in [-0.4, -0.2) is 41.2 Å². The van der Waals surface area contributed by atoms with Gasteiger partial charge < -0.3 is 23.3 Å². The second-order valence-corrected chi connectivity index (χ2v) is 6.92. The average Bonchev–Trinajstić information content (AvgIpc) is 3.23. The highest BCUT2D eigenvalue weighted by molar-refractivity contribution is 5.77. The topological polar surface area (TPSA) is 90.8 Å². The Morgan fingerprint density at radius 1 is 1.24 bits per heavy atom. The zero-order valence-corrected chi connectivity index (χ0v) is 16.5. The van der Waals surface area contributed by atoms with Crippen LogP contribution in [-0.2, 0) is 17.8 Å². The van der Waals surface area contributed by atoms with Crippen LogP contribution >= 0.6 is 0 Å². The molecule has 152 valence electrons. The number of amides is 1. The second-order valence-electron chi connectivity index (χ2n) is 6.92. The molecule has 8 nitrogen and oxygen atoms in total.